The van der Waals surface area contributed by atoms with Crippen LogP contribution in [0.15, 0.2) is 35.7 Å². The Hall–Kier alpha value is -7.38. The molecule has 0 spiro atoms. The summed E-state index contributed by atoms with van der Waals surface area (Å²) in [5, 5.41) is 49.7. The van der Waals surface area contributed by atoms with E-state index in [9.17, 15) is 58.7 Å². The van der Waals surface area contributed by atoms with Gasteiger partial charge in [0.2, 0.25) is 41.4 Å². The second-order valence-electron chi connectivity index (χ2n) is 17.1. The second-order valence-corrected chi connectivity index (χ2v) is 17.1. The molecule has 2 heterocycles. The molecule has 0 radical (unpaired) electrons. The molecule has 8 atom stereocenters. The number of aromatic nitrogens is 2. The summed E-state index contributed by atoms with van der Waals surface area (Å²) in [6, 6.07) is -5.65. The lowest BCUT2D eigenvalue weighted by atomic mass is 9.96. The molecule has 69 heavy (non-hydrogen) atoms. The van der Waals surface area contributed by atoms with E-state index in [-0.39, 0.29) is 56.8 Å². The van der Waals surface area contributed by atoms with E-state index in [1.807, 2.05) is 0 Å². The first-order chi connectivity index (χ1) is 32.6. The van der Waals surface area contributed by atoms with Crippen molar-refractivity contribution in [3.8, 4) is 5.75 Å². The zero-order valence-corrected chi connectivity index (χ0v) is 39.6. The Balaban J connectivity index is 1.98. The number of nitro groups is 1. The molecular weight excluding hydrogens is 905 g/mol. The largest absolute Gasteiger partial charge is 0.502 e. The maximum atomic E-state index is 14.5. The summed E-state index contributed by atoms with van der Waals surface area (Å²) in [5.74, 6) is -8.57. The van der Waals surface area contributed by atoms with Crippen LogP contribution in [0, 0.1) is 22.0 Å². The molecule has 0 saturated carbocycles. The Morgan fingerprint density at radius 2 is 1.57 bits per heavy atom. The topological polar surface area (TPSA) is 401 Å². The Bertz CT molecular complexity index is 2170. The van der Waals surface area contributed by atoms with E-state index < -0.39 is 124 Å². The number of imidazole rings is 1. The third kappa shape index (κ3) is 17.0. The normalized spacial score (nSPS) is 16.3. The third-order valence-corrected chi connectivity index (χ3v) is 11.4. The summed E-state index contributed by atoms with van der Waals surface area (Å²) in [7, 11) is 1.54. The number of hydrogen-bond donors (Lipinski definition) is 12. The number of carboxylic acid groups (broad SMARTS) is 1. The van der Waals surface area contributed by atoms with Gasteiger partial charge in [-0.2, -0.15) is 0 Å². The maximum Gasteiger partial charge on any atom is 0.325 e. The fourth-order valence-corrected chi connectivity index (χ4v) is 7.42. The van der Waals surface area contributed by atoms with Crippen LogP contribution in [0.25, 0.3) is 0 Å². The average Bonchev–Trinajstić information content (AvgIpc) is 4.01. The van der Waals surface area contributed by atoms with E-state index >= 15 is 0 Å². The number of aliphatic carboxylic acids is 1. The molecule has 1 aliphatic rings. The number of carboxylic acids is 1. The van der Waals surface area contributed by atoms with Crippen molar-refractivity contribution < 1.29 is 53.5 Å². The SMILES string of the molecule is CC[C@H](C)[C@H](NC(=O)[C@H](Cc1ccc(O)c([N+](=O)[O-])c1)NC(=O)[C@@H](NC(=O)[C@H](CCCN=C(N)N)NC(=O)CNC)C(C)C)C(=O)N[C@@H](Cc1cnc[nH]1)C(=O)N1CCC[C@H]1C(=O)N[C@H](C)C(=O)O. The number of nitrogens with zero attached hydrogens (tertiary/aromatic N) is 4. The van der Waals surface area contributed by atoms with Crippen LogP contribution in [0.1, 0.15) is 78.0 Å². The van der Waals surface area contributed by atoms with E-state index in [1.165, 1.54) is 37.5 Å². The molecule has 26 nitrogen and oxygen atoms in total. The van der Waals surface area contributed by atoms with E-state index in [2.05, 4.69) is 52.2 Å². The molecule has 0 aliphatic carbocycles. The summed E-state index contributed by atoms with van der Waals surface area (Å²) in [6.07, 6.45) is 3.55. The number of carbonyl (C=O) groups is 8. The van der Waals surface area contributed by atoms with Crippen LogP contribution in [-0.4, -0.2) is 152 Å². The monoisotopic (exact) mass is 970 g/mol. The van der Waals surface area contributed by atoms with Crippen molar-refractivity contribution in [1.29, 1.82) is 0 Å². The van der Waals surface area contributed by atoms with Crippen LogP contribution < -0.4 is 48.7 Å². The molecule has 1 fully saturated rings. The molecule has 0 bridgehead atoms. The number of benzene rings is 1. The van der Waals surface area contributed by atoms with Gasteiger partial charge in [0.05, 0.1) is 17.8 Å². The van der Waals surface area contributed by atoms with Crippen LogP contribution in [-0.2, 0) is 51.2 Å². The molecule has 1 aliphatic heterocycles. The lowest BCUT2D eigenvalue weighted by Crippen LogP contribution is -2.62. The maximum absolute atomic E-state index is 14.5. The van der Waals surface area contributed by atoms with Gasteiger partial charge in [0.25, 0.3) is 0 Å². The number of aliphatic imine (C=N–C) groups is 1. The number of likely N-dealkylation sites (N-methyl/N-ethyl adjacent to an activating group) is 1. The zero-order chi connectivity index (χ0) is 51.5. The number of hydrogen-bond acceptors (Lipinski definition) is 14. The Morgan fingerprint density at radius 3 is 2.16 bits per heavy atom. The van der Waals surface area contributed by atoms with E-state index in [4.69, 9.17) is 11.5 Å². The number of aromatic amines is 1. The van der Waals surface area contributed by atoms with Crippen molar-refractivity contribution in [3.05, 3.63) is 52.1 Å². The number of aromatic hydroxyl groups is 1. The first kappa shape index (κ1) is 55.9. The zero-order valence-electron chi connectivity index (χ0n) is 39.6. The minimum absolute atomic E-state index is 0.0720. The summed E-state index contributed by atoms with van der Waals surface area (Å²) >= 11 is 0. The van der Waals surface area contributed by atoms with Gasteiger partial charge in [-0.05, 0) is 63.1 Å². The molecule has 7 amide bonds. The number of amides is 7. The van der Waals surface area contributed by atoms with Crippen molar-refractivity contribution >= 4 is 59.0 Å². The van der Waals surface area contributed by atoms with Gasteiger partial charge in [0.1, 0.15) is 42.3 Å². The highest BCUT2D eigenvalue weighted by Crippen LogP contribution is 2.27. The van der Waals surface area contributed by atoms with Crippen LogP contribution in [0.4, 0.5) is 5.69 Å². The highest BCUT2D eigenvalue weighted by molar-refractivity contribution is 5.98. The van der Waals surface area contributed by atoms with Crippen molar-refractivity contribution in [2.75, 3.05) is 26.7 Å². The predicted molar refractivity (Wildman–Crippen MR) is 249 cm³/mol. The first-order valence-electron chi connectivity index (χ1n) is 22.6. The van der Waals surface area contributed by atoms with Crippen LogP contribution in [0.3, 0.4) is 0 Å². The van der Waals surface area contributed by atoms with Gasteiger partial charge in [0, 0.05) is 43.9 Å². The number of guanidine groups is 1. The van der Waals surface area contributed by atoms with Crippen LogP contribution >= 0.6 is 0 Å². The van der Waals surface area contributed by atoms with Gasteiger partial charge < -0.3 is 68.8 Å². The number of H-pyrrole nitrogens is 1. The van der Waals surface area contributed by atoms with E-state index in [1.54, 1.807) is 27.7 Å². The van der Waals surface area contributed by atoms with E-state index in [0.29, 0.717) is 18.5 Å². The lowest BCUT2D eigenvalue weighted by Gasteiger charge is -2.32. The average molecular weight is 971 g/mol. The van der Waals surface area contributed by atoms with E-state index in [0.717, 1.165) is 12.1 Å². The van der Waals surface area contributed by atoms with Crippen molar-refractivity contribution in [2.24, 2.45) is 28.3 Å². The molecule has 0 unspecified atom stereocenters. The highest BCUT2D eigenvalue weighted by Gasteiger charge is 2.40. The molecule has 1 aromatic heterocycles. The van der Waals surface area contributed by atoms with Crippen molar-refractivity contribution in [3.63, 3.8) is 0 Å². The van der Waals surface area contributed by atoms with Gasteiger partial charge in [-0.1, -0.05) is 40.2 Å². The van der Waals surface area contributed by atoms with Gasteiger partial charge in [0.15, 0.2) is 11.7 Å². The summed E-state index contributed by atoms with van der Waals surface area (Å²) < 4.78 is 0. The quantitative estimate of drug-likeness (QED) is 0.0148. The number of nitro benzene ring substituents is 1. The fraction of sp³-hybridized carbons (Fsp3) is 0.581. The standard InChI is InChI=1S/C43H66N14O12/c1-7-23(4)35(40(64)53-29(18-26-19-47-21-49-26)41(65)56-15-9-11-30(56)38(62)50-24(5)42(66)67)55-37(61)28(16-25-12-13-32(58)31(17-25)57(68)69)52-39(63)34(22(2)3)54-36(60)27(51-33(59)20-46-6)10-8-14-48-43(44)45/h12-13,17,19,21-24,27-30,34-35,46,58H,7-11,14-16,18,20H2,1-6H3,(H,47,49)(H,50,62)(H,51,59)(H,52,63)(H,53,64)(H,54,60)(H,55,61)(H,66,67)(H4,44,45,48)/t23-,24+,27-,28-,29-,30-,34-,35-/m0/s1. The molecule has 1 aromatic carbocycles. The molecule has 14 N–H and O–H groups in total. The molecule has 1 saturated heterocycles. The summed E-state index contributed by atoms with van der Waals surface area (Å²) in [6.45, 7) is 8.06. The fourth-order valence-electron chi connectivity index (χ4n) is 7.42. The number of phenols is 1. The Labute approximate surface area is 398 Å². The van der Waals surface area contributed by atoms with Gasteiger partial charge in [-0.15, -0.1) is 0 Å². The van der Waals surface area contributed by atoms with Gasteiger partial charge >= 0.3 is 11.7 Å². The number of nitrogens with two attached hydrogens (primary N) is 2. The van der Waals surface area contributed by atoms with Crippen molar-refractivity contribution in [2.45, 2.75) is 122 Å². The van der Waals surface area contributed by atoms with Gasteiger partial charge in [-0.3, -0.25) is 53.5 Å². The minimum atomic E-state index is -1.58. The van der Waals surface area contributed by atoms with Gasteiger partial charge in [-0.25, -0.2) is 4.98 Å². The predicted octanol–water partition coefficient (Wildman–Crippen LogP) is -2.21. The smallest absolute Gasteiger partial charge is 0.325 e. The molecular formula is C43H66N14O12. The number of nitrogens with one attached hydrogen (secondary N) is 8. The Morgan fingerprint density at radius 1 is 0.913 bits per heavy atom. The number of rotatable bonds is 27. The molecule has 3 rings (SSSR count). The molecule has 380 valence electrons. The molecule has 2 aromatic rings. The Kier molecular flexibility index (Phi) is 21.8. The number of phenolic OH excluding ortho intramolecular Hbond substituents is 1. The van der Waals surface area contributed by atoms with Crippen LogP contribution in [0.5, 0.6) is 5.75 Å². The highest BCUT2D eigenvalue weighted by atomic mass is 16.6. The van der Waals surface area contributed by atoms with Crippen LogP contribution in [0.2, 0.25) is 0 Å². The summed E-state index contributed by atoms with van der Waals surface area (Å²) in [5.41, 5.74) is 10.7. The molecule has 26 heteroatoms. The third-order valence-electron chi connectivity index (χ3n) is 11.4. The number of carbonyl (C=O) groups excluding carboxylic acids is 7. The second kappa shape index (κ2) is 26.8. The minimum Gasteiger partial charge on any atom is -0.502 e. The summed E-state index contributed by atoms with van der Waals surface area (Å²) in [4.78, 5) is 131. The first-order valence-corrected chi connectivity index (χ1v) is 22.6. The van der Waals surface area contributed by atoms with Crippen molar-refractivity contribution in [1.82, 2.24) is 52.1 Å². The number of likely N-dealkylation sites (tertiary alicyclic amines) is 1. The lowest BCUT2D eigenvalue weighted by molar-refractivity contribution is -0.385.